The Morgan fingerprint density at radius 2 is 2.05 bits per heavy atom. The second-order valence-corrected chi connectivity index (χ2v) is 4.95. The number of benzene rings is 1. The summed E-state index contributed by atoms with van der Waals surface area (Å²) in [5.41, 5.74) is 0.528. The third kappa shape index (κ3) is 6.79. The Balaban J connectivity index is 2.55. The van der Waals surface area contributed by atoms with Crippen LogP contribution >= 0.6 is 0 Å². The van der Waals surface area contributed by atoms with Gasteiger partial charge in [0.1, 0.15) is 5.75 Å². The topological polar surface area (TPSA) is 64.6 Å². The highest BCUT2D eigenvalue weighted by atomic mass is 16.5. The van der Waals surface area contributed by atoms with Crippen molar-refractivity contribution in [3.63, 3.8) is 0 Å². The fourth-order valence-electron chi connectivity index (χ4n) is 1.97. The van der Waals surface area contributed by atoms with Gasteiger partial charge < -0.3 is 9.47 Å². The molecule has 1 unspecified atom stereocenters. The third-order valence-electron chi connectivity index (χ3n) is 2.88. The van der Waals surface area contributed by atoms with Crippen molar-refractivity contribution >= 4 is 17.7 Å². The first-order valence-electron chi connectivity index (χ1n) is 7.29. The Kier molecular flexibility index (Phi) is 7.29. The quantitative estimate of drug-likeness (QED) is 0.610. The van der Waals surface area contributed by atoms with Crippen molar-refractivity contribution in [3.05, 3.63) is 24.3 Å². The number of hydrogen-bond acceptors (Lipinski definition) is 4. The highest BCUT2D eigenvalue weighted by molar-refractivity contribution is 5.85. The molecule has 0 aliphatic rings. The van der Waals surface area contributed by atoms with E-state index in [1.165, 1.54) is 0 Å². The molecule has 1 rings (SSSR count). The van der Waals surface area contributed by atoms with Gasteiger partial charge in [-0.25, -0.2) is 4.79 Å². The van der Waals surface area contributed by atoms with Crippen LogP contribution in [0, 0.1) is 5.92 Å². The highest BCUT2D eigenvalue weighted by Crippen LogP contribution is 2.19. The molecular weight excluding hydrogens is 270 g/mol. The van der Waals surface area contributed by atoms with Gasteiger partial charge in [-0.2, -0.15) is 0 Å². The Morgan fingerprint density at radius 1 is 1.29 bits per heavy atom. The molecule has 5 nitrogen and oxygen atoms in total. The number of esters is 1. The number of ether oxygens (including phenoxy) is 2. The summed E-state index contributed by atoms with van der Waals surface area (Å²) in [6, 6.07) is 6.69. The SMILES string of the molecule is CCCC(C)CC(=O)Oc1cccc(NC(=O)OCC)c1. The molecule has 0 bridgehead atoms. The van der Waals surface area contributed by atoms with Crippen molar-refractivity contribution in [2.24, 2.45) is 5.92 Å². The molecule has 1 aromatic rings. The van der Waals surface area contributed by atoms with E-state index in [4.69, 9.17) is 9.47 Å². The minimum atomic E-state index is -0.530. The maximum Gasteiger partial charge on any atom is 0.411 e. The first-order chi connectivity index (χ1) is 10.0. The van der Waals surface area contributed by atoms with E-state index in [1.807, 2.05) is 6.92 Å². The van der Waals surface area contributed by atoms with Crippen LogP contribution in [-0.2, 0) is 9.53 Å². The lowest BCUT2D eigenvalue weighted by molar-refractivity contribution is -0.135. The number of carbonyl (C=O) groups excluding carboxylic acids is 2. The monoisotopic (exact) mass is 293 g/mol. The van der Waals surface area contributed by atoms with Crippen LogP contribution in [0.25, 0.3) is 0 Å². The zero-order valence-corrected chi connectivity index (χ0v) is 12.8. The number of hydrogen-bond donors (Lipinski definition) is 1. The van der Waals surface area contributed by atoms with Crippen molar-refractivity contribution in [1.29, 1.82) is 0 Å². The van der Waals surface area contributed by atoms with Gasteiger partial charge in [0.05, 0.1) is 6.61 Å². The molecule has 5 heteroatoms. The van der Waals surface area contributed by atoms with Gasteiger partial charge in [-0.05, 0) is 25.0 Å². The largest absolute Gasteiger partial charge is 0.450 e. The summed E-state index contributed by atoms with van der Waals surface area (Å²) >= 11 is 0. The standard InChI is InChI=1S/C16H23NO4/c1-4-7-12(3)10-15(18)21-14-9-6-8-13(11-14)17-16(19)20-5-2/h6,8-9,11-12H,4-5,7,10H2,1-3H3,(H,17,19). The lowest BCUT2D eigenvalue weighted by atomic mass is 10.0. The zero-order valence-electron chi connectivity index (χ0n) is 12.8. The van der Waals surface area contributed by atoms with Crippen molar-refractivity contribution in [2.45, 2.75) is 40.0 Å². The predicted octanol–water partition coefficient (Wildman–Crippen LogP) is 3.99. The van der Waals surface area contributed by atoms with Crippen LogP contribution < -0.4 is 10.1 Å². The van der Waals surface area contributed by atoms with Crippen molar-refractivity contribution in [3.8, 4) is 5.75 Å². The minimum absolute atomic E-state index is 0.260. The fourth-order valence-corrected chi connectivity index (χ4v) is 1.97. The van der Waals surface area contributed by atoms with Crippen LogP contribution in [-0.4, -0.2) is 18.7 Å². The first kappa shape index (κ1) is 17.0. The summed E-state index contributed by atoms with van der Waals surface area (Å²) in [7, 11) is 0. The Labute approximate surface area is 125 Å². The summed E-state index contributed by atoms with van der Waals surface area (Å²) < 4.78 is 10.1. The summed E-state index contributed by atoms with van der Waals surface area (Å²) in [5.74, 6) is 0.463. The van der Waals surface area contributed by atoms with E-state index in [1.54, 1.807) is 31.2 Å². The average molecular weight is 293 g/mol. The van der Waals surface area contributed by atoms with Gasteiger partial charge in [0.15, 0.2) is 0 Å². The van der Waals surface area contributed by atoms with Gasteiger partial charge in [-0.1, -0.05) is 32.8 Å². The zero-order chi connectivity index (χ0) is 15.7. The van der Waals surface area contributed by atoms with Crippen LogP contribution in [0.5, 0.6) is 5.75 Å². The van der Waals surface area contributed by atoms with E-state index in [0.29, 0.717) is 30.4 Å². The maximum atomic E-state index is 11.8. The molecule has 1 amide bonds. The summed E-state index contributed by atoms with van der Waals surface area (Å²) in [5, 5.41) is 2.57. The molecule has 0 aromatic heterocycles. The smallest absolute Gasteiger partial charge is 0.411 e. The Morgan fingerprint density at radius 3 is 2.71 bits per heavy atom. The molecule has 1 N–H and O–H groups in total. The Bertz CT molecular complexity index is 473. The van der Waals surface area contributed by atoms with Crippen molar-refractivity contribution in [2.75, 3.05) is 11.9 Å². The van der Waals surface area contributed by atoms with Gasteiger partial charge in [0, 0.05) is 18.2 Å². The summed E-state index contributed by atoms with van der Waals surface area (Å²) in [6.45, 7) is 6.15. The normalized spacial score (nSPS) is 11.6. The number of anilines is 1. The van der Waals surface area contributed by atoms with E-state index in [0.717, 1.165) is 12.8 Å². The molecule has 0 radical (unpaired) electrons. The van der Waals surface area contributed by atoms with Crippen LogP contribution in [0.15, 0.2) is 24.3 Å². The molecular formula is C16H23NO4. The molecule has 116 valence electrons. The highest BCUT2D eigenvalue weighted by Gasteiger charge is 2.11. The third-order valence-corrected chi connectivity index (χ3v) is 2.88. The fraction of sp³-hybridized carbons (Fsp3) is 0.500. The van der Waals surface area contributed by atoms with Crippen LogP contribution in [0.2, 0.25) is 0 Å². The van der Waals surface area contributed by atoms with Crippen LogP contribution in [0.3, 0.4) is 0 Å². The average Bonchev–Trinajstić information content (AvgIpc) is 2.39. The second kappa shape index (κ2) is 9.00. The number of carbonyl (C=O) groups is 2. The maximum absolute atomic E-state index is 11.8. The minimum Gasteiger partial charge on any atom is -0.450 e. The molecule has 0 heterocycles. The molecule has 0 aliphatic carbocycles. The van der Waals surface area contributed by atoms with E-state index in [2.05, 4.69) is 12.2 Å². The van der Waals surface area contributed by atoms with E-state index in [9.17, 15) is 9.59 Å². The molecule has 21 heavy (non-hydrogen) atoms. The van der Waals surface area contributed by atoms with Gasteiger partial charge in [-0.15, -0.1) is 0 Å². The van der Waals surface area contributed by atoms with Crippen molar-refractivity contribution in [1.82, 2.24) is 0 Å². The van der Waals surface area contributed by atoms with E-state index >= 15 is 0 Å². The van der Waals surface area contributed by atoms with Crippen LogP contribution in [0.4, 0.5) is 10.5 Å². The molecule has 1 aromatic carbocycles. The van der Waals surface area contributed by atoms with Gasteiger partial charge in [0.25, 0.3) is 0 Å². The molecule has 0 spiro atoms. The number of amides is 1. The predicted molar refractivity (Wildman–Crippen MR) is 81.4 cm³/mol. The molecule has 1 atom stereocenters. The van der Waals surface area contributed by atoms with Gasteiger partial charge >= 0.3 is 12.1 Å². The lowest BCUT2D eigenvalue weighted by Gasteiger charge is -2.10. The first-order valence-corrected chi connectivity index (χ1v) is 7.29. The summed E-state index contributed by atoms with van der Waals surface area (Å²) in [4.78, 5) is 23.1. The van der Waals surface area contributed by atoms with Crippen LogP contribution in [0.1, 0.15) is 40.0 Å². The number of rotatable bonds is 7. The number of nitrogens with one attached hydrogen (secondary N) is 1. The molecule has 0 saturated heterocycles. The summed E-state index contributed by atoms with van der Waals surface area (Å²) in [6.07, 6.45) is 1.91. The molecule has 0 fully saturated rings. The Hall–Kier alpha value is -2.04. The van der Waals surface area contributed by atoms with Gasteiger partial charge in [0.2, 0.25) is 0 Å². The lowest BCUT2D eigenvalue weighted by Crippen LogP contribution is -2.14. The van der Waals surface area contributed by atoms with E-state index < -0.39 is 6.09 Å². The molecule has 0 saturated carbocycles. The van der Waals surface area contributed by atoms with Gasteiger partial charge in [-0.3, -0.25) is 10.1 Å². The van der Waals surface area contributed by atoms with E-state index in [-0.39, 0.29) is 5.97 Å². The van der Waals surface area contributed by atoms with Crippen molar-refractivity contribution < 1.29 is 19.1 Å². The second-order valence-electron chi connectivity index (χ2n) is 4.95. The molecule has 0 aliphatic heterocycles.